The Morgan fingerprint density at radius 3 is 2.27 bits per heavy atom. The van der Waals surface area contributed by atoms with Crippen LogP contribution >= 0.6 is 15.9 Å². The Bertz CT molecular complexity index is 107. The molecule has 1 saturated carbocycles. The highest BCUT2D eigenvalue weighted by atomic mass is 79.9. The molecule has 0 heterocycles. The molecule has 0 N–H and O–H groups in total. The SMILES string of the molecule is CCC(CC)C1CCC(Br)C1. The van der Waals surface area contributed by atoms with Gasteiger partial charge in [0.25, 0.3) is 0 Å². The molecular formula is C10H19Br. The molecule has 1 fully saturated rings. The fraction of sp³-hybridized carbons (Fsp3) is 1.00. The third-order valence-electron chi connectivity index (χ3n) is 3.12. The van der Waals surface area contributed by atoms with Crippen LogP contribution in [0.15, 0.2) is 0 Å². The normalized spacial score (nSPS) is 31.6. The second kappa shape index (κ2) is 4.49. The van der Waals surface area contributed by atoms with Gasteiger partial charge in [-0.2, -0.15) is 0 Å². The summed E-state index contributed by atoms with van der Waals surface area (Å²) in [7, 11) is 0. The maximum absolute atomic E-state index is 3.71. The molecular weight excluding hydrogens is 200 g/mol. The Labute approximate surface area is 78.9 Å². The molecule has 1 heteroatoms. The van der Waals surface area contributed by atoms with Crippen molar-refractivity contribution in [3.8, 4) is 0 Å². The summed E-state index contributed by atoms with van der Waals surface area (Å²) in [6, 6.07) is 0. The van der Waals surface area contributed by atoms with Crippen molar-refractivity contribution in [3.63, 3.8) is 0 Å². The highest BCUT2D eigenvalue weighted by Gasteiger charge is 2.27. The van der Waals surface area contributed by atoms with Crippen molar-refractivity contribution < 1.29 is 0 Å². The van der Waals surface area contributed by atoms with E-state index < -0.39 is 0 Å². The molecule has 0 radical (unpaired) electrons. The summed E-state index contributed by atoms with van der Waals surface area (Å²) in [6.45, 7) is 4.66. The van der Waals surface area contributed by atoms with E-state index in [1.54, 1.807) is 0 Å². The van der Waals surface area contributed by atoms with Crippen molar-refractivity contribution in [2.24, 2.45) is 11.8 Å². The predicted octanol–water partition coefficient (Wildman–Crippen LogP) is 3.99. The summed E-state index contributed by atoms with van der Waals surface area (Å²) >= 11 is 3.71. The molecule has 0 saturated heterocycles. The number of alkyl halides is 1. The molecule has 0 spiro atoms. The fourth-order valence-electron chi connectivity index (χ4n) is 2.34. The lowest BCUT2D eigenvalue weighted by Crippen LogP contribution is -2.09. The molecule has 66 valence electrons. The molecule has 1 aliphatic carbocycles. The van der Waals surface area contributed by atoms with E-state index in [-0.39, 0.29) is 0 Å². The summed E-state index contributed by atoms with van der Waals surface area (Å²) in [5.41, 5.74) is 0. The first-order valence-electron chi connectivity index (χ1n) is 4.92. The van der Waals surface area contributed by atoms with Gasteiger partial charge in [-0.25, -0.2) is 0 Å². The van der Waals surface area contributed by atoms with E-state index in [9.17, 15) is 0 Å². The quantitative estimate of drug-likeness (QED) is 0.629. The average Bonchev–Trinajstić information content (AvgIpc) is 2.39. The van der Waals surface area contributed by atoms with Gasteiger partial charge in [0.05, 0.1) is 0 Å². The van der Waals surface area contributed by atoms with Gasteiger partial charge in [0, 0.05) is 4.83 Å². The van der Waals surface area contributed by atoms with Crippen molar-refractivity contribution in [3.05, 3.63) is 0 Å². The van der Waals surface area contributed by atoms with E-state index in [1.807, 2.05) is 0 Å². The molecule has 0 amide bonds. The molecule has 1 rings (SSSR count). The fourth-order valence-corrected chi connectivity index (χ4v) is 3.09. The average molecular weight is 219 g/mol. The first kappa shape index (κ1) is 9.57. The van der Waals surface area contributed by atoms with E-state index >= 15 is 0 Å². The summed E-state index contributed by atoms with van der Waals surface area (Å²) in [5, 5.41) is 0. The predicted molar refractivity (Wildman–Crippen MR) is 54.1 cm³/mol. The van der Waals surface area contributed by atoms with E-state index in [4.69, 9.17) is 0 Å². The minimum absolute atomic E-state index is 0.827. The van der Waals surface area contributed by atoms with Crippen LogP contribution in [-0.4, -0.2) is 4.83 Å². The number of rotatable bonds is 3. The van der Waals surface area contributed by atoms with Gasteiger partial charge in [0.1, 0.15) is 0 Å². The maximum Gasteiger partial charge on any atom is 0.0148 e. The van der Waals surface area contributed by atoms with Crippen LogP contribution in [-0.2, 0) is 0 Å². The number of hydrogen-bond acceptors (Lipinski definition) is 0. The zero-order valence-electron chi connectivity index (χ0n) is 7.65. The first-order valence-corrected chi connectivity index (χ1v) is 5.83. The summed E-state index contributed by atoms with van der Waals surface area (Å²) in [5.74, 6) is 2.02. The van der Waals surface area contributed by atoms with E-state index in [0.29, 0.717) is 0 Å². The van der Waals surface area contributed by atoms with Crippen molar-refractivity contribution >= 4 is 15.9 Å². The third kappa shape index (κ3) is 2.47. The molecule has 0 aromatic heterocycles. The second-order valence-corrected chi connectivity index (χ2v) is 5.04. The minimum Gasteiger partial charge on any atom is -0.0891 e. The molecule has 2 unspecified atom stereocenters. The van der Waals surface area contributed by atoms with Gasteiger partial charge in [-0.1, -0.05) is 42.6 Å². The van der Waals surface area contributed by atoms with Gasteiger partial charge < -0.3 is 0 Å². The Hall–Kier alpha value is 0.480. The lowest BCUT2D eigenvalue weighted by Gasteiger charge is -2.19. The minimum atomic E-state index is 0.827. The molecule has 1 aliphatic rings. The van der Waals surface area contributed by atoms with Crippen molar-refractivity contribution in [1.29, 1.82) is 0 Å². The molecule has 0 aromatic carbocycles. The van der Waals surface area contributed by atoms with Crippen molar-refractivity contribution in [2.45, 2.75) is 50.8 Å². The van der Waals surface area contributed by atoms with Crippen molar-refractivity contribution in [2.75, 3.05) is 0 Å². The molecule has 0 bridgehead atoms. The number of halogens is 1. The van der Waals surface area contributed by atoms with Gasteiger partial charge in [0.2, 0.25) is 0 Å². The zero-order chi connectivity index (χ0) is 8.27. The van der Waals surface area contributed by atoms with Gasteiger partial charge in [-0.15, -0.1) is 0 Å². The second-order valence-electron chi connectivity index (χ2n) is 3.75. The molecule has 0 aliphatic heterocycles. The van der Waals surface area contributed by atoms with Crippen LogP contribution in [0.5, 0.6) is 0 Å². The third-order valence-corrected chi connectivity index (χ3v) is 3.96. The Balaban J connectivity index is 2.34. The summed E-state index contributed by atoms with van der Waals surface area (Å²) in [4.78, 5) is 0.827. The van der Waals surface area contributed by atoms with Gasteiger partial charge >= 0.3 is 0 Å². The Kier molecular flexibility index (Phi) is 3.91. The zero-order valence-corrected chi connectivity index (χ0v) is 9.23. The summed E-state index contributed by atoms with van der Waals surface area (Å²) < 4.78 is 0. The molecule has 0 nitrogen and oxygen atoms in total. The lowest BCUT2D eigenvalue weighted by molar-refractivity contribution is 0.320. The van der Waals surface area contributed by atoms with Crippen LogP contribution in [0.2, 0.25) is 0 Å². The standard InChI is InChI=1S/C10H19Br/c1-3-8(4-2)9-5-6-10(11)7-9/h8-10H,3-7H2,1-2H3. The topological polar surface area (TPSA) is 0 Å². The van der Waals surface area contributed by atoms with Gasteiger partial charge in [-0.3, -0.25) is 0 Å². The molecule has 0 aromatic rings. The van der Waals surface area contributed by atoms with Gasteiger partial charge in [0.15, 0.2) is 0 Å². The molecule has 11 heavy (non-hydrogen) atoms. The Morgan fingerprint density at radius 2 is 1.91 bits per heavy atom. The summed E-state index contributed by atoms with van der Waals surface area (Å²) in [6.07, 6.45) is 7.04. The highest BCUT2D eigenvalue weighted by molar-refractivity contribution is 9.09. The van der Waals surface area contributed by atoms with Crippen LogP contribution in [0.25, 0.3) is 0 Å². The lowest BCUT2D eigenvalue weighted by atomic mass is 9.87. The first-order chi connectivity index (χ1) is 5.27. The van der Waals surface area contributed by atoms with Crippen LogP contribution < -0.4 is 0 Å². The van der Waals surface area contributed by atoms with Crippen LogP contribution in [0.1, 0.15) is 46.0 Å². The Morgan fingerprint density at radius 1 is 1.27 bits per heavy atom. The van der Waals surface area contributed by atoms with Crippen LogP contribution in [0, 0.1) is 11.8 Å². The van der Waals surface area contributed by atoms with E-state index in [1.165, 1.54) is 32.1 Å². The van der Waals surface area contributed by atoms with E-state index in [0.717, 1.165) is 16.7 Å². The van der Waals surface area contributed by atoms with Crippen molar-refractivity contribution in [1.82, 2.24) is 0 Å². The largest absolute Gasteiger partial charge is 0.0891 e. The molecule has 2 atom stereocenters. The van der Waals surface area contributed by atoms with Gasteiger partial charge in [-0.05, 0) is 31.1 Å². The van der Waals surface area contributed by atoms with Crippen LogP contribution in [0.3, 0.4) is 0 Å². The smallest absolute Gasteiger partial charge is 0.0148 e. The van der Waals surface area contributed by atoms with E-state index in [2.05, 4.69) is 29.8 Å². The monoisotopic (exact) mass is 218 g/mol. The number of hydrogen-bond donors (Lipinski definition) is 0. The maximum atomic E-state index is 3.71. The van der Waals surface area contributed by atoms with Crippen LogP contribution in [0.4, 0.5) is 0 Å². The highest BCUT2D eigenvalue weighted by Crippen LogP contribution is 2.37.